The minimum Gasteiger partial charge on any atom is -0.347 e. The highest BCUT2D eigenvalue weighted by molar-refractivity contribution is 7.91. The van der Waals surface area contributed by atoms with Crippen LogP contribution in [0.1, 0.15) is 37.1 Å². The number of halogens is 2. The number of rotatable bonds is 6. The molecule has 2 heterocycles. The molecular formula is C19H22Cl2N2O3S2. The van der Waals surface area contributed by atoms with Gasteiger partial charge in [-0.25, -0.2) is 8.42 Å². The first-order valence-electron chi connectivity index (χ1n) is 8.95. The lowest BCUT2D eigenvalue weighted by Crippen LogP contribution is -2.41. The van der Waals surface area contributed by atoms with Gasteiger partial charge in [0.15, 0.2) is 0 Å². The normalized spacial score (nSPS) is 15.7. The molecule has 152 valence electrons. The molecule has 1 amide bonds. The minimum absolute atomic E-state index is 0.116. The molecule has 1 N–H and O–H groups in total. The molecule has 3 rings (SSSR count). The van der Waals surface area contributed by atoms with Crippen molar-refractivity contribution in [3.8, 4) is 0 Å². The Kier molecular flexibility index (Phi) is 6.41. The summed E-state index contributed by atoms with van der Waals surface area (Å²) in [5, 5.41) is 3.86. The molecule has 0 spiro atoms. The van der Waals surface area contributed by atoms with Gasteiger partial charge in [0.25, 0.3) is 10.0 Å². The molecule has 1 fully saturated rings. The molecule has 0 radical (unpaired) electrons. The predicted octanol–water partition coefficient (Wildman–Crippen LogP) is 4.43. The highest BCUT2D eigenvalue weighted by Gasteiger charge is 2.29. The van der Waals surface area contributed by atoms with Gasteiger partial charge in [0.1, 0.15) is 4.21 Å². The van der Waals surface area contributed by atoms with Gasteiger partial charge in [-0.1, -0.05) is 29.3 Å². The van der Waals surface area contributed by atoms with E-state index in [9.17, 15) is 13.2 Å². The topological polar surface area (TPSA) is 66.5 Å². The number of carbonyl (C=O) groups is 1. The fourth-order valence-electron chi connectivity index (χ4n) is 3.16. The van der Waals surface area contributed by atoms with Crippen molar-refractivity contribution in [1.29, 1.82) is 0 Å². The van der Waals surface area contributed by atoms with E-state index in [4.69, 9.17) is 23.2 Å². The van der Waals surface area contributed by atoms with Gasteiger partial charge in [-0.05, 0) is 56.5 Å². The van der Waals surface area contributed by atoms with Crippen LogP contribution >= 0.6 is 34.5 Å². The fourth-order valence-corrected chi connectivity index (χ4v) is 6.48. The highest BCUT2D eigenvalue weighted by Crippen LogP contribution is 2.30. The lowest BCUT2D eigenvalue weighted by Gasteiger charge is -2.27. The molecule has 1 aliphatic heterocycles. The van der Waals surface area contributed by atoms with Crippen molar-refractivity contribution < 1.29 is 13.2 Å². The Morgan fingerprint density at radius 1 is 1.14 bits per heavy atom. The van der Waals surface area contributed by atoms with Crippen LogP contribution in [0.4, 0.5) is 0 Å². The number of thiophene rings is 1. The maximum atomic E-state index is 12.6. The van der Waals surface area contributed by atoms with Crippen LogP contribution in [-0.4, -0.2) is 31.7 Å². The monoisotopic (exact) mass is 460 g/mol. The zero-order valence-electron chi connectivity index (χ0n) is 15.7. The molecule has 1 saturated heterocycles. The van der Waals surface area contributed by atoms with Gasteiger partial charge in [0.2, 0.25) is 5.91 Å². The van der Waals surface area contributed by atoms with Crippen LogP contribution in [0.25, 0.3) is 0 Å². The first-order chi connectivity index (χ1) is 13.1. The van der Waals surface area contributed by atoms with Crippen LogP contribution in [-0.2, 0) is 26.8 Å². The van der Waals surface area contributed by atoms with Gasteiger partial charge >= 0.3 is 0 Å². The summed E-state index contributed by atoms with van der Waals surface area (Å²) in [5.74, 6) is -0.192. The van der Waals surface area contributed by atoms with E-state index in [1.807, 2.05) is 19.9 Å². The highest BCUT2D eigenvalue weighted by atomic mass is 35.5. The van der Waals surface area contributed by atoms with Gasteiger partial charge in [-0.3, -0.25) is 4.79 Å². The molecule has 5 nitrogen and oxygen atoms in total. The minimum atomic E-state index is -3.45. The number of benzene rings is 1. The van der Waals surface area contributed by atoms with E-state index in [0.717, 1.165) is 29.7 Å². The maximum absolute atomic E-state index is 12.6. The molecule has 0 aliphatic carbocycles. The SMILES string of the molecule is CC(C)(NC(=O)Cc1ccc(S(=O)(=O)N2CCCC2)s1)c1ccc(Cl)c(Cl)c1. The molecule has 0 unspecified atom stereocenters. The molecule has 2 aromatic rings. The predicted molar refractivity (Wildman–Crippen MR) is 114 cm³/mol. The first kappa shape index (κ1) is 21.6. The third kappa shape index (κ3) is 4.71. The van der Waals surface area contributed by atoms with Gasteiger partial charge < -0.3 is 5.32 Å². The van der Waals surface area contributed by atoms with Crippen LogP contribution in [0, 0.1) is 0 Å². The van der Waals surface area contributed by atoms with Crippen molar-refractivity contribution in [1.82, 2.24) is 9.62 Å². The van der Waals surface area contributed by atoms with Crippen LogP contribution < -0.4 is 5.32 Å². The fraction of sp³-hybridized carbons (Fsp3) is 0.421. The van der Waals surface area contributed by atoms with Gasteiger partial charge in [-0.2, -0.15) is 4.31 Å². The third-order valence-corrected chi connectivity index (χ3v) is 8.91. The number of carbonyl (C=O) groups excluding carboxylic acids is 1. The Labute approximate surface area is 179 Å². The number of sulfonamides is 1. The molecule has 0 atom stereocenters. The first-order valence-corrected chi connectivity index (χ1v) is 12.0. The summed E-state index contributed by atoms with van der Waals surface area (Å²) < 4.78 is 27.0. The second-order valence-corrected chi connectivity index (χ2v) is 11.5. The number of nitrogens with zero attached hydrogens (tertiary/aromatic N) is 1. The zero-order valence-corrected chi connectivity index (χ0v) is 18.8. The summed E-state index contributed by atoms with van der Waals surface area (Å²) in [6, 6.07) is 8.54. The van der Waals surface area contributed by atoms with E-state index in [-0.39, 0.29) is 12.3 Å². The zero-order chi connectivity index (χ0) is 20.5. The number of hydrogen-bond acceptors (Lipinski definition) is 4. The number of nitrogens with one attached hydrogen (secondary N) is 1. The Hall–Kier alpha value is -1.12. The lowest BCUT2D eigenvalue weighted by molar-refractivity contribution is -0.122. The van der Waals surface area contributed by atoms with E-state index < -0.39 is 15.6 Å². The smallest absolute Gasteiger partial charge is 0.252 e. The molecule has 0 saturated carbocycles. The quantitative estimate of drug-likeness (QED) is 0.692. The molecule has 1 aromatic heterocycles. The average Bonchev–Trinajstić information content (AvgIpc) is 3.28. The third-order valence-electron chi connectivity index (χ3n) is 4.72. The van der Waals surface area contributed by atoms with Crippen LogP contribution in [0.2, 0.25) is 10.0 Å². The van der Waals surface area contributed by atoms with Crippen LogP contribution in [0.3, 0.4) is 0 Å². The Balaban J connectivity index is 1.68. The summed E-state index contributed by atoms with van der Waals surface area (Å²) in [4.78, 5) is 13.3. The van der Waals surface area contributed by atoms with E-state index >= 15 is 0 Å². The molecule has 9 heteroatoms. The van der Waals surface area contributed by atoms with Gasteiger partial charge in [-0.15, -0.1) is 11.3 Å². The summed E-state index contributed by atoms with van der Waals surface area (Å²) in [5.41, 5.74) is 0.186. The molecule has 0 bridgehead atoms. The molecular weight excluding hydrogens is 439 g/mol. The molecule has 1 aliphatic rings. The number of amides is 1. The second kappa shape index (κ2) is 8.32. The van der Waals surface area contributed by atoms with E-state index in [0.29, 0.717) is 32.2 Å². The summed E-state index contributed by atoms with van der Waals surface area (Å²) in [6.45, 7) is 4.88. The second-order valence-electron chi connectivity index (χ2n) is 7.31. The molecule has 1 aromatic carbocycles. The summed E-state index contributed by atoms with van der Waals surface area (Å²) >= 11 is 13.2. The maximum Gasteiger partial charge on any atom is 0.252 e. The Morgan fingerprint density at radius 2 is 1.82 bits per heavy atom. The lowest BCUT2D eigenvalue weighted by atomic mass is 9.94. The summed E-state index contributed by atoms with van der Waals surface area (Å²) in [7, 11) is -3.45. The standard InChI is InChI=1S/C19H22Cl2N2O3S2/c1-19(2,13-5-7-15(20)16(21)11-13)22-17(24)12-14-6-8-18(27-14)28(25,26)23-9-3-4-10-23/h5-8,11H,3-4,9-10,12H2,1-2H3,(H,22,24). The van der Waals surface area contributed by atoms with Gasteiger partial charge in [0.05, 0.1) is 22.0 Å². The van der Waals surface area contributed by atoms with Gasteiger partial charge in [0, 0.05) is 18.0 Å². The van der Waals surface area contributed by atoms with Crippen molar-refractivity contribution in [2.75, 3.05) is 13.1 Å². The van der Waals surface area contributed by atoms with Crippen LogP contribution in [0.15, 0.2) is 34.5 Å². The van der Waals surface area contributed by atoms with E-state index in [1.165, 1.54) is 4.31 Å². The van der Waals surface area contributed by atoms with Crippen LogP contribution in [0.5, 0.6) is 0 Å². The van der Waals surface area contributed by atoms with Crippen molar-refractivity contribution in [2.24, 2.45) is 0 Å². The Bertz CT molecular complexity index is 981. The summed E-state index contributed by atoms with van der Waals surface area (Å²) in [6.07, 6.45) is 1.90. The molecule has 28 heavy (non-hydrogen) atoms. The van der Waals surface area contributed by atoms with Crippen molar-refractivity contribution >= 4 is 50.5 Å². The number of hydrogen-bond donors (Lipinski definition) is 1. The largest absolute Gasteiger partial charge is 0.347 e. The van der Waals surface area contributed by atoms with E-state index in [1.54, 1.807) is 24.3 Å². The van der Waals surface area contributed by atoms with Crippen molar-refractivity contribution in [3.05, 3.63) is 50.8 Å². The Morgan fingerprint density at radius 3 is 2.46 bits per heavy atom. The van der Waals surface area contributed by atoms with Crippen molar-refractivity contribution in [3.63, 3.8) is 0 Å². The van der Waals surface area contributed by atoms with E-state index in [2.05, 4.69) is 5.32 Å². The van der Waals surface area contributed by atoms with Crippen molar-refractivity contribution in [2.45, 2.75) is 42.9 Å². The average molecular weight is 461 g/mol.